The zero-order valence-corrected chi connectivity index (χ0v) is 13.0. The Morgan fingerprint density at radius 1 is 1.29 bits per heavy atom. The van der Waals surface area contributed by atoms with Gasteiger partial charge >= 0.3 is 0 Å². The maximum atomic E-state index is 12.0. The molecule has 21 heavy (non-hydrogen) atoms. The van der Waals surface area contributed by atoms with Crippen molar-refractivity contribution in [3.63, 3.8) is 0 Å². The zero-order valence-electron chi connectivity index (χ0n) is 13.0. The van der Waals surface area contributed by atoms with Crippen LogP contribution in [0.15, 0.2) is 24.3 Å². The van der Waals surface area contributed by atoms with Crippen LogP contribution in [0.3, 0.4) is 0 Å². The van der Waals surface area contributed by atoms with Gasteiger partial charge in [-0.3, -0.25) is 4.79 Å². The predicted molar refractivity (Wildman–Crippen MR) is 83.9 cm³/mol. The van der Waals surface area contributed by atoms with Gasteiger partial charge in [0.25, 0.3) is 5.91 Å². The first-order valence-corrected chi connectivity index (χ1v) is 7.79. The van der Waals surface area contributed by atoms with E-state index in [-0.39, 0.29) is 18.6 Å². The van der Waals surface area contributed by atoms with E-state index in [1.165, 1.54) is 12.8 Å². The van der Waals surface area contributed by atoms with E-state index in [0.717, 1.165) is 17.9 Å². The SMILES string of the molecule is CC1CCC(NC(=O)COc2ccc(CN)cc2)C(C)C1. The summed E-state index contributed by atoms with van der Waals surface area (Å²) in [6.45, 7) is 5.08. The molecule has 0 spiro atoms. The van der Waals surface area contributed by atoms with Crippen molar-refractivity contribution in [1.82, 2.24) is 5.32 Å². The lowest BCUT2D eigenvalue weighted by Gasteiger charge is -2.33. The fourth-order valence-corrected chi connectivity index (χ4v) is 3.00. The van der Waals surface area contributed by atoms with Crippen LogP contribution in [-0.4, -0.2) is 18.6 Å². The molecule has 4 nitrogen and oxygen atoms in total. The first-order chi connectivity index (χ1) is 10.1. The lowest BCUT2D eigenvalue weighted by atomic mass is 9.80. The summed E-state index contributed by atoms with van der Waals surface area (Å²) in [5.41, 5.74) is 6.60. The molecule has 1 aromatic rings. The number of ether oxygens (including phenoxy) is 1. The minimum Gasteiger partial charge on any atom is -0.484 e. The fraction of sp³-hybridized carbons (Fsp3) is 0.588. The molecular formula is C17H26N2O2. The molecule has 0 aliphatic heterocycles. The standard InChI is InChI=1S/C17H26N2O2/c1-12-3-8-16(13(2)9-12)19-17(20)11-21-15-6-4-14(10-18)5-7-15/h4-7,12-13,16H,3,8-11,18H2,1-2H3,(H,19,20). The summed E-state index contributed by atoms with van der Waals surface area (Å²) in [6.07, 6.45) is 3.45. The normalized spacial score (nSPS) is 25.4. The van der Waals surface area contributed by atoms with Crippen LogP contribution in [0.25, 0.3) is 0 Å². The van der Waals surface area contributed by atoms with Crippen molar-refractivity contribution in [2.24, 2.45) is 17.6 Å². The van der Waals surface area contributed by atoms with Gasteiger partial charge in [0.15, 0.2) is 6.61 Å². The molecule has 0 heterocycles. The van der Waals surface area contributed by atoms with Crippen molar-refractivity contribution >= 4 is 5.91 Å². The summed E-state index contributed by atoms with van der Waals surface area (Å²) in [7, 11) is 0. The Morgan fingerprint density at radius 2 is 2.00 bits per heavy atom. The highest BCUT2D eigenvalue weighted by Crippen LogP contribution is 2.28. The van der Waals surface area contributed by atoms with Crippen LogP contribution < -0.4 is 15.8 Å². The molecule has 0 bridgehead atoms. The van der Waals surface area contributed by atoms with Crippen molar-refractivity contribution in [2.75, 3.05) is 6.61 Å². The summed E-state index contributed by atoms with van der Waals surface area (Å²) in [5.74, 6) is 1.98. The van der Waals surface area contributed by atoms with E-state index in [1.807, 2.05) is 24.3 Å². The smallest absolute Gasteiger partial charge is 0.258 e. The number of nitrogens with two attached hydrogens (primary N) is 1. The molecular weight excluding hydrogens is 264 g/mol. The van der Waals surface area contributed by atoms with Crippen molar-refractivity contribution in [2.45, 2.75) is 45.7 Å². The Balaban J connectivity index is 1.76. The van der Waals surface area contributed by atoms with Gasteiger partial charge in [0, 0.05) is 12.6 Å². The van der Waals surface area contributed by atoms with Gasteiger partial charge in [0.1, 0.15) is 5.75 Å². The summed E-state index contributed by atoms with van der Waals surface area (Å²) in [4.78, 5) is 12.0. The molecule has 1 fully saturated rings. The third-order valence-electron chi connectivity index (χ3n) is 4.31. The fourth-order valence-electron chi connectivity index (χ4n) is 3.00. The minimum atomic E-state index is -0.0377. The van der Waals surface area contributed by atoms with Gasteiger partial charge < -0.3 is 15.8 Å². The van der Waals surface area contributed by atoms with E-state index >= 15 is 0 Å². The second kappa shape index (κ2) is 7.46. The Kier molecular flexibility index (Phi) is 5.62. The molecule has 1 amide bonds. The van der Waals surface area contributed by atoms with E-state index in [9.17, 15) is 4.79 Å². The summed E-state index contributed by atoms with van der Waals surface area (Å²) < 4.78 is 5.51. The largest absolute Gasteiger partial charge is 0.484 e. The molecule has 1 saturated carbocycles. The van der Waals surface area contributed by atoms with Crippen LogP contribution in [0.1, 0.15) is 38.7 Å². The lowest BCUT2D eigenvalue weighted by Crippen LogP contribution is -2.44. The molecule has 2 rings (SSSR count). The van der Waals surface area contributed by atoms with Crippen molar-refractivity contribution < 1.29 is 9.53 Å². The molecule has 116 valence electrons. The summed E-state index contributed by atoms with van der Waals surface area (Å²) >= 11 is 0. The van der Waals surface area contributed by atoms with E-state index < -0.39 is 0 Å². The topological polar surface area (TPSA) is 64.3 Å². The summed E-state index contributed by atoms with van der Waals surface area (Å²) in [5, 5.41) is 3.10. The van der Waals surface area contributed by atoms with Crippen molar-refractivity contribution in [1.29, 1.82) is 0 Å². The second-order valence-corrected chi connectivity index (χ2v) is 6.21. The number of carbonyl (C=O) groups excluding carboxylic acids is 1. The predicted octanol–water partition coefficient (Wildman–Crippen LogP) is 2.46. The minimum absolute atomic E-state index is 0.0377. The van der Waals surface area contributed by atoms with Crippen LogP contribution in [0.2, 0.25) is 0 Å². The molecule has 3 atom stereocenters. The Morgan fingerprint density at radius 3 is 2.62 bits per heavy atom. The number of carbonyl (C=O) groups is 1. The van der Waals surface area contributed by atoms with E-state index in [0.29, 0.717) is 18.2 Å². The number of hydrogen-bond acceptors (Lipinski definition) is 3. The van der Waals surface area contributed by atoms with Crippen LogP contribution in [0.5, 0.6) is 5.75 Å². The Hall–Kier alpha value is -1.55. The lowest BCUT2D eigenvalue weighted by molar-refractivity contribution is -0.124. The molecule has 4 heteroatoms. The Bertz CT molecular complexity index is 458. The molecule has 1 aliphatic carbocycles. The number of amides is 1. The number of benzene rings is 1. The van der Waals surface area contributed by atoms with Gasteiger partial charge in [-0.1, -0.05) is 26.0 Å². The van der Waals surface area contributed by atoms with Crippen molar-refractivity contribution in [3.8, 4) is 5.75 Å². The monoisotopic (exact) mass is 290 g/mol. The van der Waals surface area contributed by atoms with E-state index in [4.69, 9.17) is 10.5 Å². The van der Waals surface area contributed by atoms with Crippen molar-refractivity contribution in [3.05, 3.63) is 29.8 Å². The highest BCUT2D eigenvalue weighted by Gasteiger charge is 2.26. The average Bonchev–Trinajstić information content (AvgIpc) is 2.48. The molecule has 3 N–H and O–H groups in total. The first-order valence-electron chi connectivity index (χ1n) is 7.79. The molecule has 1 aromatic carbocycles. The number of rotatable bonds is 5. The zero-order chi connectivity index (χ0) is 15.2. The maximum Gasteiger partial charge on any atom is 0.258 e. The molecule has 0 aromatic heterocycles. The third kappa shape index (κ3) is 4.74. The molecule has 1 aliphatic rings. The average molecular weight is 290 g/mol. The van der Waals surface area contributed by atoms with E-state index in [2.05, 4.69) is 19.2 Å². The highest BCUT2D eigenvalue weighted by molar-refractivity contribution is 5.77. The highest BCUT2D eigenvalue weighted by atomic mass is 16.5. The van der Waals surface area contributed by atoms with Gasteiger partial charge in [-0.25, -0.2) is 0 Å². The number of nitrogens with one attached hydrogen (secondary N) is 1. The molecule has 0 radical (unpaired) electrons. The van der Waals surface area contributed by atoms with Crippen LogP contribution in [-0.2, 0) is 11.3 Å². The quantitative estimate of drug-likeness (QED) is 0.875. The van der Waals surface area contributed by atoms with Gasteiger partial charge in [-0.15, -0.1) is 0 Å². The maximum absolute atomic E-state index is 12.0. The van der Waals surface area contributed by atoms with Crippen LogP contribution in [0.4, 0.5) is 0 Å². The van der Waals surface area contributed by atoms with Crippen LogP contribution >= 0.6 is 0 Å². The molecule has 0 saturated heterocycles. The van der Waals surface area contributed by atoms with Crippen LogP contribution in [0, 0.1) is 11.8 Å². The summed E-state index contributed by atoms with van der Waals surface area (Å²) in [6, 6.07) is 7.81. The molecule has 3 unspecified atom stereocenters. The van der Waals surface area contributed by atoms with Gasteiger partial charge in [-0.2, -0.15) is 0 Å². The first kappa shape index (κ1) is 15.8. The van der Waals surface area contributed by atoms with Gasteiger partial charge in [-0.05, 0) is 48.8 Å². The third-order valence-corrected chi connectivity index (χ3v) is 4.31. The van der Waals surface area contributed by atoms with E-state index in [1.54, 1.807) is 0 Å². The van der Waals surface area contributed by atoms with Gasteiger partial charge in [0.2, 0.25) is 0 Å². The Labute approximate surface area is 127 Å². The number of hydrogen-bond donors (Lipinski definition) is 2. The second-order valence-electron chi connectivity index (χ2n) is 6.21. The van der Waals surface area contributed by atoms with Gasteiger partial charge in [0.05, 0.1) is 0 Å².